The summed E-state index contributed by atoms with van der Waals surface area (Å²) >= 11 is 0. The molecule has 1 atom stereocenters. The van der Waals surface area contributed by atoms with E-state index in [9.17, 15) is 9.59 Å². The van der Waals surface area contributed by atoms with Crippen molar-refractivity contribution in [2.45, 2.75) is 51.2 Å². The second-order valence-electron chi connectivity index (χ2n) is 7.51. The summed E-state index contributed by atoms with van der Waals surface area (Å²) in [6.07, 6.45) is 6.24. The molecule has 5 nitrogen and oxygen atoms in total. The van der Waals surface area contributed by atoms with E-state index < -0.39 is 6.17 Å². The lowest BCUT2D eigenvalue weighted by Crippen LogP contribution is -2.59. The quantitative estimate of drug-likeness (QED) is 0.829. The molecule has 4 rings (SSSR count). The smallest absolute Gasteiger partial charge is 0.225 e. The topological polar surface area (TPSA) is 43.9 Å². The van der Waals surface area contributed by atoms with Crippen LogP contribution in [-0.2, 0) is 4.79 Å². The van der Waals surface area contributed by atoms with Crippen LogP contribution in [0.15, 0.2) is 24.3 Å². The van der Waals surface area contributed by atoms with Crippen LogP contribution in [0.2, 0.25) is 0 Å². The Hall–Kier alpha value is -1.72. The number of carbonyl (C=O) groups excluding carboxylic acids is 2. The van der Waals surface area contributed by atoms with Gasteiger partial charge in [0.1, 0.15) is 0 Å². The van der Waals surface area contributed by atoms with Gasteiger partial charge in [-0.2, -0.15) is 0 Å². The molecule has 0 aromatic heterocycles. The molecule has 5 heteroatoms. The molecule has 0 unspecified atom stereocenters. The largest absolute Gasteiger partial charge is 0.298 e. The molecular formula is C20H27N3O2. The minimum absolute atomic E-state index is 0.0574. The fourth-order valence-corrected chi connectivity index (χ4v) is 4.74. The highest BCUT2D eigenvalue weighted by molar-refractivity contribution is 6.17. The van der Waals surface area contributed by atoms with Crippen molar-refractivity contribution in [2.24, 2.45) is 0 Å². The van der Waals surface area contributed by atoms with Crippen molar-refractivity contribution in [1.29, 1.82) is 0 Å². The van der Waals surface area contributed by atoms with Gasteiger partial charge < -0.3 is 0 Å². The highest BCUT2D eigenvalue weighted by atomic mass is 16.2. The molecular weight excluding hydrogens is 314 g/mol. The van der Waals surface area contributed by atoms with Crippen molar-refractivity contribution in [1.82, 2.24) is 9.80 Å². The average molecular weight is 341 g/mol. The Kier molecular flexibility index (Phi) is 4.61. The molecule has 2 aliphatic heterocycles. The van der Waals surface area contributed by atoms with E-state index in [4.69, 9.17) is 0 Å². The SMILES string of the molecule is CC(=O)N1c2ccccc2C(=O)[C@@H]1N1CCN(C2CCCCC2)CC1. The van der Waals surface area contributed by atoms with Crippen molar-refractivity contribution < 1.29 is 9.59 Å². The van der Waals surface area contributed by atoms with Crippen LogP contribution in [0.4, 0.5) is 5.69 Å². The van der Waals surface area contributed by atoms with E-state index in [1.807, 2.05) is 24.3 Å². The van der Waals surface area contributed by atoms with Gasteiger partial charge in [-0.25, -0.2) is 0 Å². The monoisotopic (exact) mass is 341 g/mol. The molecule has 134 valence electrons. The van der Waals surface area contributed by atoms with E-state index in [1.54, 1.807) is 11.8 Å². The van der Waals surface area contributed by atoms with E-state index in [0.29, 0.717) is 5.56 Å². The highest BCUT2D eigenvalue weighted by Crippen LogP contribution is 2.34. The normalized spacial score (nSPS) is 26.0. The second-order valence-corrected chi connectivity index (χ2v) is 7.51. The number of ketones is 1. The molecule has 1 saturated carbocycles. The molecule has 0 spiro atoms. The van der Waals surface area contributed by atoms with Crippen molar-refractivity contribution in [3.8, 4) is 0 Å². The summed E-state index contributed by atoms with van der Waals surface area (Å²) in [5.74, 6) is 0.00919. The van der Waals surface area contributed by atoms with Crippen molar-refractivity contribution in [2.75, 3.05) is 31.1 Å². The zero-order chi connectivity index (χ0) is 17.4. The first kappa shape index (κ1) is 16.7. The van der Waals surface area contributed by atoms with Crippen LogP contribution in [0.3, 0.4) is 0 Å². The molecule has 3 aliphatic rings. The molecule has 0 radical (unpaired) electrons. The minimum Gasteiger partial charge on any atom is -0.298 e. The van der Waals surface area contributed by atoms with Gasteiger partial charge in [-0.1, -0.05) is 31.4 Å². The van der Waals surface area contributed by atoms with E-state index in [0.717, 1.165) is 37.9 Å². The summed E-state index contributed by atoms with van der Waals surface area (Å²) in [4.78, 5) is 31.7. The first-order valence-corrected chi connectivity index (χ1v) is 9.58. The summed E-state index contributed by atoms with van der Waals surface area (Å²) in [6, 6.07) is 8.21. The third-order valence-electron chi connectivity index (χ3n) is 6.03. The van der Waals surface area contributed by atoms with Crippen LogP contribution in [-0.4, -0.2) is 59.9 Å². The van der Waals surface area contributed by atoms with Crippen LogP contribution >= 0.6 is 0 Å². The average Bonchev–Trinajstić information content (AvgIpc) is 2.96. The minimum atomic E-state index is -0.455. The lowest BCUT2D eigenvalue weighted by Gasteiger charge is -2.43. The van der Waals surface area contributed by atoms with Gasteiger partial charge in [-0.3, -0.25) is 24.3 Å². The fourth-order valence-electron chi connectivity index (χ4n) is 4.74. The number of amides is 1. The summed E-state index contributed by atoms with van der Waals surface area (Å²) in [6.45, 7) is 5.25. The molecule has 1 aromatic rings. The van der Waals surface area contributed by atoms with E-state index in [-0.39, 0.29) is 11.7 Å². The molecule has 0 bridgehead atoms. The number of piperazine rings is 1. The van der Waals surface area contributed by atoms with E-state index in [2.05, 4.69) is 9.80 Å². The van der Waals surface area contributed by atoms with Crippen LogP contribution in [0.25, 0.3) is 0 Å². The molecule has 25 heavy (non-hydrogen) atoms. The first-order valence-electron chi connectivity index (χ1n) is 9.58. The third kappa shape index (κ3) is 3.00. The highest BCUT2D eigenvalue weighted by Gasteiger charge is 2.43. The Morgan fingerprint density at radius 1 is 0.960 bits per heavy atom. The van der Waals surface area contributed by atoms with Crippen LogP contribution in [0.1, 0.15) is 49.4 Å². The first-order chi connectivity index (χ1) is 12.2. The van der Waals surface area contributed by atoms with Crippen LogP contribution < -0.4 is 4.90 Å². The molecule has 2 fully saturated rings. The molecule has 0 N–H and O–H groups in total. The number of para-hydroxylation sites is 1. The number of hydrogen-bond donors (Lipinski definition) is 0. The van der Waals surface area contributed by atoms with Crippen molar-refractivity contribution >= 4 is 17.4 Å². The summed E-state index contributed by atoms with van der Waals surface area (Å²) in [5, 5.41) is 0. The number of benzene rings is 1. The van der Waals surface area contributed by atoms with Gasteiger partial charge in [0.2, 0.25) is 11.7 Å². The summed E-state index contributed by atoms with van der Waals surface area (Å²) in [5.41, 5.74) is 1.44. The molecule has 1 saturated heterocycles. The standard InChI is InChI=1S/C20H27N3O2/c1-15(24)23-18-10-6-5-9-17(18)19(25)20(23)22-13-11-21(12-14-22)16-7-3-2-4-8-16/h5-6,9-10,16,20H,2-4,7-8,11-14H2,1H3/t20-/m1/s1. The molecule has 1 amide bonds. The third-order valence-corrected chi connectivity index (χ3v) is 6.03. The second kappa shape index (κ2) is 6.89. The van der Waals surface area contributed by atoms with Crippen LogP contribution in [0, 0.1) is 0 Å². The van der Waals surface area contributed by atoms with Gasteiger partial charge in [0.15, 0.2) is 6.17 Å². The molecule has 1 aliphatic carbocycles. The maximum Gasteiger partial charge on any atom is 0.225 e. The van der Waals surface area contributed by atoms with E-state index in [1.165, 1.54) is 32.1 Å². The number of anilines is 1. The lowest BCUT2D eigenvalue weighted by molar-refractivity contribution is -0.117. The van der Waals surface area contributed by atoms with Gasteiger partial charge in [-0.15, -0.1) is 0 Å². The number of carbonyl (C=O) groups is 2. The maximum atomic E-state index is 12.9. The Morgan fingerprint density at radius 2 is 1.60 bits per heavy atom. The number of Topliss-reactive ketones (excluding diaryl/α,β-unsaturated/α-hetero) is 1. The number of fused-ring (bicyclic) bond motifs is 1. The number of hydrogen-bond acceptors (Lipinski definition) is 4. The molecule has 1 aromatic carbocycles. The zero-order valence-electron chi connectivity index (χ0n) is 15.0. The predicted octanol–water partition coefficient (Wildman–Crippen LogP) is 2.51. The predicted molar refractivity (Wildman–Crippen MR) is 97.7 cm³/mol. The Labute approximate surface area is 149 Å². The van der Waals surface area contributed by atoms with Crippen molar-refractivity contribution in [3.05, 3.63) is 29.8 Å². The van der Waals surface area contributed by atoms with Gasteiger partial charge in [-0.05, 0) is 25.0 Å². The Balaban J connectivity index is 1.49. The Morgan fingerprint density at radius 3 is 2.28 bits per heavy atom. The van der Waals surface area contributed by atoms with Crippen LogP contribution in [0.5, 0.6) is 0 Å². The van der Waals surface area contributed by atoms with E-state index >= 15 is 0 Å². The summed E-state index contributed by atoms with van der Waals surface area (Å²) < 4.78 is 0. The number of nitrogens with zero attached hydrogens (tertiary/aromatic N) is 3. The fraction of sp³-hybridized carbons (Fsp3) is 0.600. The zero-order valence-corrected chi connectivity index (χ0v) is 15.0. The molecule has 2 heterocycles. The van der Waals surface area contributed by atoms with Gasteiger partial charge in [0.25, 0.3) is 0 Å². The summed E-state index contributed by atoms with van der Waals surface area (Å²) in [7, 11) is 0. The number of rotatable bonds is 2. The van der Waals surface area contributed by atoms with Gasteiger partial charge in [0.05, 0.1) is 5.69 Å². The van der Waals surface area contributed by atoms with Gasteiger partial charge in [0, 0.05) is 44.7 Å². The maximum absolute atomic E-state index is 12.9. The van der Waals surface area contributed by atoms with Gasteiger partial charge >= 0.3 is 0 Å². The lowest BCUT2D eigenvalue weighted by atomic mass is 9.94. The Bertz CT molecular complexity index is 661. The van der Waals surface area contributed by atoms with Crippen molar-refractivity contribution in [3.63, 3.8) is 0 Å².